The molecule has 526 valence electrons. The number of hydrogen-bond donors (Lipinski definition) is 1. The minimum Gasteiger partial charge on any atom is -0.385 e. The van der Waals surface area contributed by atoms with Gasteiger partial charge in [0.25, 0.3) is 0 Å². The molecule has 1 N–H and O–H groups in total. The van der Waals surface area contributed by atoms with E-state index in [0.717, 1.165) is 111 Å². The summed E-state index contributed by atoms with van der Waals surface area (Å²) in [4.78, 5) is 2.23. The van der Waals surface area contributed by atoms with Crippen LogP contribution in [0.1, 0.15) is 306 Å². The zero-order valence-corrected chi connectivity index (χ0v) is 66.5. The third-order valence-electron chi connectivity index (χ3n) is 9.78. The Labute approximate surface area is 535 Å². The standard InChI is InChI=1S/C9H20O.C8H19N.3C8H18O.C7H17NO2S.C7H16O.C6H14O.C5H12O.2C3H8/c1-5-7-10-8-6-9(2,3)4;1-8(2,3)6-7-9(4)5;1-8(2,3)6-5-7-9-4;2*1-5-9-7-6-8(2,3)4;1-7(2,3)5-6-8-11(4,9)10;1-7(2,3)5-6-8-4;1-4-5-7-6(2)3;1-5(2)4-6-3;2*1-3-2/h5-8H2,1-4H3;6-7H2,1-5H3;3*5-7H2,1-4H3;8H,5-6H2,1-4H3;5-6H2,1-4H3;6H,4-5H2,1-3H3;5H,4H2,1-3H3;2*3H2,1-2H3. The molecule has 0 rings (SSSR count). The molecule has 0 radical (unpaired) electrons. The quantitative estimate of drug-likeness (QED) is 0.0887. The van der Waals surface area contributed by atoms with Crippen LogP contribution in [-0.4, -0.2) is 140 Å². The summed E-state index contributed by atoms with van der Waals surface area (Å²) in [5.74, 6) is 0.676. The summed E-state index contributed by atoms with van der Waals surface area (Å²) in [5, 5.41) is 0. The second-order valence-corrected chi connectivity index (χ2v) is 33.0. The SMILES string of the molecule is CC(C)(C)CCNS(C)(=O)=O.CCC.CCC.CCCOC(C)C.CCCOCCC(C)(C)C.CCOCCC(C)(C)C.CCOCCC(C)(C)C.CN(C)CCC(C)(C)C.COCC(C)C.COCCC(C)(C)C.COCCCC(C)(C)C. The molecule has 0 spiro atoms. The van der Waals surface area contributed by atoms with Crippen LogP contribution in [0.4, 0.5) is 0 Å². The zero-order chi connectivity index (χ0) is 69.4. The van der Waals surface area contributed by atoms with Gasteiger partial charge in [-0.25, -0.2) is 13.1 Å². The fourth-order valence-corrected chi connectivity index (χ4v) is 5.16. The Morgan fingerprint density at radius 3 is 0.893 bits per heavy atom. The number of nitrogens with zero attached hydrogens (tertiary/aromatic N) is 1. The maximum atomic E-state index is 10.6. The largest absolute Gasteiger partial charge is 0.385 e. The van der Waals surface area contributed by atoms with Crippen molar-refractivity contribution in [1.82, 2.24) is 9.62 Å². The van der Waals surface area contributed by atoms with Crippen molar-refractivity contribution in [2.45, 2.75) is 312 Å². The van der Waals surface area contributed by atoms with E-state index in [2.05, 4.69) is 238 Å². The van der Waals surface area contributed by atoms with Gasteiger partial charge in [0.15, 0.2) is 0 Å². The van der Waals surface area contributed by atoms with Crippen LogP contribution in [0.15, 0.2) is 0 Å². The molecule has 0 fully saturated rings. The average molecular weight is 1240 g/mol. The molecule has 84 heavy (non-hydrogen) atoms. The second-order valence-electron chi connectivity index (χ2n) is 31.2. The van der Waals surface area contributed by atoms with E-state index in [1.165, 1.54) is 44.9 Å². The molecule has 0 unspecified atom stereocenters. The van der Waals surface area contributed by atoms with E-state index in [4.69, 9.17) is 33.2 Å². The third-order valence-corrected chi connectivity index (χ3v) is 10.5. The van der Waals surface area contributed by atoms with E-state index in [0.29, 0.717) is 51.1 Å². The van der Waals surface area contributed by atoms with E-state index in [1.54, 1.807) is 21.3 Å². The molecule has 0 aliphatic rings. The third kappa shape index (κ3) is 207. The molecule has 0 atom stereocenters. The number of ether oxygens (including phenoxy) is 7. The molecular formula is C72H168N2O9S. The summed E-state index contributed by atoms with van der Waals surface area (Å²) in [6, 6.07) is 0. The van der Waals surface area contributed by atoms with Crippen LogP contribution in [0.25, 0.3) is 0 Å². The summed E-state index contributed by atoms with van der Waals surface area (Å²) in [6.07, 6.45) is 15.5. The van der Waals surface area contributed by atoms with Crippen LogP contribution in [0.5, 0.6) is 0 Å². The van der Waals surface area contributed by atoms with Crippen LogP contribution in [0, 0.1) is 43.8 Å². The first-order valence-corrected chi connectivity index (χ1v) is 35.1. The molecule has 0 saturated heterocycles. The first-order chi connectivity index (χ1) is 37.8. The molecule has 0 aliphatic heterocycles. The van der Waals surface area contributed by atoms with Gasteiger partial charge < -0.3 is 38.1 Å². The van der Waals surface area contributed by atoms with Crippen LogP contribution >= 0.6 is 0 Å². The van der Waals surface area contributed by atoms with Gasteiger partial charge in [0.1, 0.15) is 0 Å². The predicted octanol–water partition coefficient (Wildman–Crippen LogP) is 21.2. The van der Waals surface area contributed by atoms with Crippen molar-refractivity contribution in [2.75, 3.05) is 121 Å². The Morgan fingerprint density at radius 2 is 0.714 bits per heavy atom. The second kappa shape index (κ2) is 70.1. The highest BCUT2D eigenvalue weighted by Crippen LogP contribution is 2.22. The monoisotopic (exact) mass is 1240 g/mol. The lowest BCUT2D eigenvalue weighted by molar-refractivity contribution is 0.0794. The minimum absolute atomic E-state index is 0.192. The molecule has 0 saturated carbocycles. The van der Waals surface area contributed by atoms with Gasteiger partial charge in [0.05, 0.1) is 12.4 Å². The van der Waals surface area contributed by atoms with Crippen LogP contribution in [0.2, 0.25) is 0 Å². The molecule has 11 nitrogen and oxygen atoms in total. The maximum Gasteiger partial charge on any atom is 0.208 e. The molecule has 12 heteroatoms. The Kier molecular flexibility index (Phi) is 90.2. The van der Waals surface area contributed by atoms with Gasteiger partial charge in [0.2, 0.25) is 10.0 Å². The lowest BCUT2D eigenvalue weighted by Crippen LogP contribution is -2.26. The van der Waals surface area contributed by atoms with E-state index >= 15 is 0 Å². The summed E-state index contributed by atoms with van der Waals surface area (Å²) in [5.41, 5.74) is 2.86. The van der Waals surface area contributed by atoms with Crippen molar-refractivity contribution in [3.05, 3.63) is 0 Å². The van der Waals surface area contributed by atoms with Crippen molar-refractivity contribution < 1.29 is 41.6 Å². The Balaban J connectivity index is -0.0000000786. The zero-order valence-electron chi connectivity index (χ0n) is 65.7. The van der Waals surface area contributed by atoms with Gasteiger partial charge in [-0.15, -0.1) is 0 Å². The smallest absolute Gasteiger partial charge is 0.208 e. The molecule has 0 bridgehead atoms. The molecule has 0 amide bonds. The highest BCUT2D eigenvalue weighted by molar-refractivity contribution is 7.88. The van der Waals surface area contributed by atoms with Crippen molar-refractivity contribution in [1.29, 1.82) is 0 Å². The molecule has 0 aromatic carbocycles. The highest BCUT2D eigenvalue weighted by Gasteiger charge is 2.13. The van der Waals surface area contributed by atoms with Gasteiger partial charge in [-0.05, 0) is 156 Å². The van der Waals surface area contributed by atoms with Crippen molar-refractivity contribution >= 4 is 10.0 Å². The first-order valence-electron chi connectivity index (χ1n) is 33.2. The fraction of sp³-hybridized carbons (Fsp3) is 1.00. The average Bonchev–Trinajstić information content (AvgIpc) is 3.28. The van der Waals surface area contributed by atoms with Crippen molar-refractivity contribution in [3.8, 4) is 0 Å². The van der Waals surface area contributed by atoms with E-state index in [1.807, 2.05) is 13.8 Å². The molecule has 0 heterocycles. The predicted molar refractivity (Wildman–Crippen MR) is 382 cm³/mol. The van der Waals surface area contributed by atoms with Gasteiger partial charge in [-0.3, -0.25) is 0 Å². The first kappa shape index (κ1) is 108. The summed E-state index contributed by atoms with van der Waals surface area (Å²) in [7, 11) is 6.45. The van der Waals surface area contributed by atoms with Gasteiger partial charge >= 0.3 is 0 Å². The Hall–Kier alpha value is -0.410. The highest BCUT2D eigenvalue weighted by atomic mass is 32.2. The molecular weight excluding hydrogens is 1070 g/mol. The number of methoxy groups -OCH3 is 3. The minimum atomic E-state index is -3.00. The number of rotatable bonds is 25. The van der Waals surface area contributed by atoms with E-state index in [-0.39, 0.29) is 5.41 Å². The summed E-state index contributed by atoms with van der Waals surface area (Å²) < 4.78 is 59.3. The summed E-state index contributed by atoms with van der Waals surface area (Å²) >= 11 is 0. The van der Waals surface area contributed by atoms with E-state index < -0.39 is 10.0 Å². The van der Waals surface area contributed by atoms with Gasteiger partial charge in [0, 0.05) is 93.9 Å². The van der Waals surface area contributed by atoms with Gasteiger partial charge in [-0.1, -0.05) is 214 Å². The normalized spacial score (nSPS) is 11.5. The topological polar surface area (TPSA) is 114 Å². The number of nitrogens with one attached hydrogen (secondary N) is 1. The summed E-state index contributed by atoms with van der Waals surface area (Å²) in [6.45, 7) is 82.3. The van der Waals surface area contributed by atoms with Crippen molar-refractivity contribution in [3.63, 3.8) is 0 Å². The Morgan fingerprint density at radius 1 is 0.405 bits per heavy atom. The Bertz CT molecular complexity index is 1210. The van der Waals surface area contributed by atoms with Crippen molar-refractivity contribution in [2.24, 2.45) is 43.8 Å². The maximum absolute atomic E-state index is 10.6. The molecule has 0 aromatic heterocycles. The van der Waals surface area contributed by atoms with Gasteiger partial charge in [-0.2, -0.15) is 0 Å². The lowest BCUT2D eigenvalue weighted by Gasteiger charge is -2.20. The number of hydrogen-bond acceptors (Lipinski definition) is 10. The van der Waals surface area contributed by atoms with Crippen LogP contribution in [-0.2, 0) is 43.2 Å². The molecule has 0 aliphatic carbocycles. The van der Waals surface area contributed by atoms with E-state index in [9.17, 15) is 8.42 Å². The van der Waals surface area contributed by atoms with Crippen LogP contribution in [0.3, 0.4) is 0 Å². The van der Waals surface area contributed by atoms with Crippen LogP contribution < -0.4 is 4.72 Å². The fourth-order valence-electron chi connectivity index (χ4n) is 4.68. The number of sulfonamides is 1. The molecule has 0 aromatic rings. The lowest BCUT2D eigenvalue weighted by atomic mass is 9.91.